The van der Waals surface area contributed by atoms with Gasteiger partial charge in [0.25, 0.3) is 0 Å². The SMILES string of the molecule is O=c1nc(Oc2ccccc2)c2ccccc2[nH]1. The first-order valence-corrected chi connectivity index (χ1v) is 5.55. The fourth-order valence-corrected chi connectivity index (χ4v) is 1.75. The Bertz CT molecular complexity index is 735. The largest absolute Gasteiger partial charge is 0.438 e. The number of fused-ring (bicyclic) bond motifs is 1. The fraction of sp³-hybridized carbons (Fsp3) is 0. The topological polar surface area (TPSA) is 55.0 Å². The van der Waals surface area contributed by atoms with E-state index in [9.17, 15) is 4.79 Å². The van der Waals surface area contributed by atoms with Crippen LogP contribution in [0.5, 0.6) is 11.6 Å². The highest BCUT2D eigenvalue weighted by atomic mass is 16.5. The van der Waals surface area contributed by atoms with Crippen LogP contribution in [0.1, 0.15) is 0 Å². The molecule has 0 spiro atoms. The minimum absolute atomic E-state index is 0.320. The van der Waals surface area contributed by atoms with Crippen LogP contribution in [0.3, 0.4) is 0 Å². The lowest BCUT2D eigenvalue weighted by Crippen LogP contribution is -2.10. The van der Waals surface area contributed by atoms with Crippen LogP contribution in [0.15, 0.2) is 59.4 Å². The summed E-state index contributed by atoms with van der Waals surface area (Å²) < 4.78 is 5.64. The van der Waals surface area contributed by atoms with E-state index in [-0.39, 0.29) is 0 Å². The zero-order chi connectivity index (χ0) is 12.4. The molecule has 0 atom stereocenters. The molecule has 0 saturated heterocycles. The van der Waals surface area contributed by atoms with Gasteiger partial charge in [0.1, 0.15) is 5.75 Å². The monoisotopic (exact) mass is 238 g/mol. The number of benzene rings is 2. The number of ether oxygens (including phenoxy) is 1. The van der Waals surface area contributed by atoms with E-state index in [1.54, 1.807) is 0 Å². The number of H-pyrrole nitrogens is 1. The predicted molar refractivity (Wildman–Crippen MR) is 68.9 cm³/mol. The molecule has 4 nitrogen and oxygen atoms in total. The Labute approximate surface area is 103 Å². The summed E-state index contributed by atoms with van der Waals surface area (Å²) >= 11 is 0. The Balaban J connectivity index is 2.14. The van der Waals surface area contributed by atoms with Gasteiger partial charge in [0.15, 0.2) is 0 Å². The van der Waals surface area contributed by atoms with E-state index in [0.29, 0.717) is 17.1 Å². The Morgan fingerprint density at radius 3 is 2.50 bits per heavy atom. The number of nitrogens with one attached hydrogen (secondary N) is 1. The molecule has 4 heteroatoms. The molecule has 88 valence electrons. The Kier molecular flexibility index (Phi) is 2.53. The van der Waals surface area contributed by atoms with Crippen molar-refractivity contribution in [3.8, 4) is 11.6 Å². The molecule has 0 aliphatic heterocycles. The van der Waals surface area contributed by atoms with Crippen LogP contribution in [0.4, 0.5) is 0 Å². The average Bonchev–Trinajstić information content (AvgIpc) is 2.40. The molecule has 3 aromatic rings. The maximum Gasteiger partial charge on any atom is 0.348 e. The molecule has 1 aromatic heterocycles. The number of para-hydroxylation sites is 2. The van der Waals surface area contributed by atoms with Crippen LogP contribution < -0.4 is 10.4 Å². The predicted octanol–water partition coefficient (Wildman–Crippen LogP) is 2.72. The number of aromatic amines is 1. The molecule has 18 heavy (non-hydrogen) atoms. The summed E-state index contributed by atoms with van der Waals surface area (Å²) in [6, 6.07) is 16.7. The summed E-state index contributed by atoms with van der Waals surface area (Å²) in [5.74, 6) is 0.973. The summed E-state index contributed by atoms with van der Waals surface area (Å²) in [5, 5.41) is 0.779. The van der Waals surface area contributed by atoms with Crippen molar-refractivity contribution in [2.75, 3.05) is 0 Å². The van der Waals surface area contributed by atoms with Crippen LogP contribution in [0.25, 0.3) is 10.9 Å². The first-order valence-electron chi connectivity index (χ1n) is 5.55. The summed E-state index contributed by atoms with van der Waals surface area (Å²) in [7, 11) is 0. The zero-order valence-electron chi connectivity index (χ0n) is 9.46. The minimum atomic E-state index is -0.417. The number of aromatic nitrogens is 2. The van der Waals surface area contributed by atoms with E-state index in [1.807, 2.05) is 54.6 Å². The third-order valence-electron chi connectivity index (χ3n) is 2.56. The third-order valence-corrected chi connectivity index (χ3v) is 2.56. The van der Waals surface area contributed by atoms with Crippen molar-refractivity contribution in [2.24, 2.45) is 0 Å². The molecular formula is C14H10N2O2. The summed E-state index contributed by atoms with van der Waals surface area (Å²) in [6.07, 6.45) is 0. The highest BCUT2D eigenvalue weighted by Crippen LogP contribution is 2.24. The lowest BCUT2D eigenvalue weighted by atomic mass is 10.2. The second-order valence-electron chi connectivity index (χ2n) is 3.81. The molecule has 0 bridgehead atoms. The molecule has 0 amide bonds. The number of rotatable bonds is 2. The molecule has 2 aromatic carbocycles. The van der Waals surface area contributed by atoms with Gasteiger partial charge in [-0.1, -0.05) is 30.3 Å². The molecule has 0 radical (unpaired) electrons. The standard InChI is InChI=1S/C14H10N2O2/c17-14-15-12-9-5-4-8-11(12)13(16-14)18-10-6-2-1-3-7-10/h1-9H,(H,15,16,17). The molecule has 0 fully saturated rings. The quantitative estimate of drug-likeness (QED) is 0.746. The summed E-state index contributed by atoms with van der Waals surface area (Å²) in [5.41, 5.74) is 0.295. The van der Waals surface area contributed by atoms with Crippen molar-refractivity contribution < 1.29 is 4.74 Å². The molecule has 0 aliphatic rings. The van der Waals surface area contributed by atoms with Crippen molar-refractivity contribution in [2.45, 2.75) is 0 Å². The fourth-order valence-electron chi connectivity index (χ4n) is 1.75. The number of hydrogen-bond acceptors (Lipinski definition) is 3. The van der Waals surface area contributed by atoms with Gasteiger partial charge >= 0.3 is 5.69 Å². The first-order chi connectivity index (χ1) is 8.83. The average molecular weight is 238 g/mol. The third kappa shape index (κ3) is 1.96. The second kappa shape index (κ2) is 4.33. The molecule has 3 rings (SSSR count). The van der Waals surface area contributed by atoms with Gasteiger partial charge in [-0.3, -0.25) is 0 Å². The van der Waals surface area contributed by atoms with Crippen LogP contribution in [-0.2, 0) is 0 Å². The van der Waals surface area contributed by atoms with Crippen molar-refractivity contribution in [3.05, 3.63) is 65.1 Å². The van der Waals surface area contributed by atoms with Crippen molar-refractivity contribution in [1.82, 2.24) is 9.97 Å². The van der Waals surface area contributed by atoms with Crippen LogP contribution >= 0.6 is 0 Å². The van der Waals surface area contributed by atoms with Gasteiger partial charge in [0, 0.05) is 0 Å². The second-order valence-corrected chi connectivity index (χ2v) is 3.81. The van der Waals surface area contributed by atoms with E-state index >= 15 is 0 Å². The Hall–Kier alpha value is -2.62. The maximum absolute atomic E-state index is 11.4. The van der Waals surface area contributed by atoms with Gasteiger partial charge in [0.05, 0.1) is 10.9 Å². The highest BCUT2D eigenvalue weighted by molar-refractivity contribution is 5.83. The number of hydrogen-bond donors (Lipinski definition) is 1. The van der Waals surface area contributed by atoms with E-state index < -0.39 is 5.69 Å². The molecule has 0 aliphatic carbocycles. The Morgan fingerprint density at radius 2 is 1.67 bits per heavy atom. The van der Waals surface area contributed by atoms with Crippen molar-refractivity contribution in [3.63, 3.8) is 0 Å². The molecular weight excluding hydrogens is 228 g/mol. The van der Waals surface area contributed by atoms with Gasteiger partial charge in [0.2, 0.25) is 5.88 Å². The molecule has 0 unspecified atom stereocenters. The van der Waals surface area contributed by atoms with Gasteiger partial charge in [-0.15, -0.1) is 0 Å². The number of nitrogens with zero attached hydrogens (tertiary/aromatic N) is 1. The molecule has 1 heterocycles. The Morgan fingerprint density at radius 1 is 0.944 bits per heavy atom. The van der Waals surface area contributed by atoms with E-state index in [4.69, 9.17) is 4.74 Å². The molecule has 0 saturated carbocycles. The molecule has 1 N–H and O–H groups in total. The van der Waals surface area contributed by atoms with Crippen molar-refractivity contribution in [1.29, 1.82) is 0 Å². The van der Waals surface area contributed by atoms with Gasteiger partial charge in [-0.2, -0.15) is 4.98 Å². The first kappa shape index (κ1) is 10.5. The summed E-state index contributed by atoms with van der Waals surface area (Å²) in [4.78, 5) is 18.0. The van der Waals surface area contributed by atoms with Crippen LogP contribution in [0.2, 0.25) is 0 Å². The van der Waals surface area contributed by atoms with E-state index in [1.165, 1.54) is 0 Å². The smallest absolute Gasteiger partial charge is 0.348 e. The lowest BCUT2D eigenvalue weighted by molar-refractivity contribution is 0.466. The summed E-state index contributed by atoms with van der Waals surface area (Å²) in [6.45, 7) is 0. The lowest BCUT2D eigenvalue weighted by Gasteiger charge is -2.06. The zero-order valence-corrected chi connectivity index (χ0v) is 9.46. The normalized spacial score (nSPS) is 10.4. The van der Waals surface area contributed by atoms with Gasteiger partial charge in [-0.05, 0) is 24.3 Å². The van der Waals surface area contributed by atoms with E-state index in [2.05, 4.69) is 9.97 Å². The van der Waals surface area contributed by atoms with Crippen molar-refractivity contribution >= 4 is 10.9 Å². The van der Waals surface area contributed by atoms with Gasteiger partial charge in [-0.25, -0.2) is 4.79 Å². The minimum Gasteiger partial charge on any atom is -0.438 e. The van der Waals surface area contributed by atoms with Crippen LogP contribution in [-0.4, -0.2) is 9.97 Å². The van der Waals surface area contributed by atoms with Gasteiger partial charge < -0.3 is 9.72 Å². The van der Waals surface area contributed by atoms with Crippen LogP contribution in [0, 0.1) is 0 Å². The maximum atomic E-state index is 11.4. The van der Waals surface area contributed by atoms with E-state index in [0.717, 1.165) is 5.39 Å². The highest BCUT2D eigenvalue weighted by Gasteiger charge is 2.06.